The zero-order chi connectivity index (χ0) is 18.6. The van der Waals surface area contributed by atoms with E-state index in [0.29, 0.717) is 0 Å². The predicted octanol–water partition coefficient (Wildman–Crippen LogP) is 6.51. The molecule has 140 valence electrons. The van der Waals surface area contributed by atoms with Gasteiger partial charge in [0.15, 0.2) is 0 Å². The highest BCUT2D eigenvalue weighted by molar-refractivity contribution is 5.43. The van der Waals surface area contributed by atoms with Gasteiger partial charge in [-0.3, -0.25) is 0 Å². The number of hydrogen-bond donors (Lipinski definition) is 0. The maximum atomic E-state index is 5.83. The van der Waals surface area contributed by atoms with Crippen LogP contribution in [0.5, 0.6) is 11.5 Å². The Morgan fingerprint density at radius 1 is 0.615 bits per heavy atom. The van der Waals surface area contributed by atoms with Crippen molar-refractivity contribution in [2.75, 3.05) is 0 Å². The molecule has 0 atom stereocenters. The van der Waals surface area contributed by atoms with E-state index in [0.717, 1.165) is 11.5 Å². The normalized spacial score (nSPS) is 16.7. The summed E-state index contributed by atoms with van der Waals surface area (Å²) in [6.07, 6.45) is 6.74. The van der Waals surface area contributed by atoms with Gasteiger partial charge >= 0.3 is 0 Å². The van der Waals surface area contributed by atoms with Crippen molar-refractivity contribution in [3.63, 3.8) is 0 Å². The van der Waals surface area contributed by atoms with Crippen LogP contribution in [-0.2, 0) is 5.41 Å². The molecule has 1 aliphatic rings. The van der Waals surface area contributed by atoms with Crippen molar-refractivity contribution in [1.29, 1.82) is 0 Å². The summed E-state index contributed by atoms with van der Waals surface area (Å²) in [5.74, 6) is 1.91. The Morgan fingerprint density at radius 3 is 1.35 bits per heavy atom. The van der Waals surface area contributed by atoms with Gasteiger partial charge in [0.05, 0.1) is 12.2 Å². The molecule has 2 aromatic carbocycles. The third kappa shape index (κ3) is 4.23. The summed E-state index contributed by atoms with van der Waals surface area (Å²) in [6, 6.07) is 17.6. The van der Waals surface area contributed by atoms with E-state index in [1.54, 1.807) is 0 Å². The lowest BCUT2D eigenvalue weighted by Crippen LogP contribution is -2.30. The maximum absolute atomic E-state index is 5.83. The van der Waals surface area contributed by atoms with Gasteiger partial charge in [0.25, 0.3) is 0 Å². The first kappa shape index (κ1) is 18.8. The molecular weight excluding hydrogens is 320 g/mol. The smallest absolute Gasteiger partial charge is 0.119 e. The van der Waals surface area contributed by atoms with E-state index in [1.807, 2.05) is 0 Å². The molecule has 26 heavy (non-hydrogen) atoms. The lowest BCUT2D eigenvalue weighted by Gasteiger charge is -2.39. The van der Waals surface area contributed by atoms with Crippen molar-refractivity contribution in [2.45, 2.75) is 77.4 Å². The molecule has 0 bridgehead atoms. The van der Waals surface area contributed by atoms with E-state index >= 15 is 0 Å². The molecule has 0 amide bonds. The highest BCUT2D eigenvalue weighted by Crippen LogP contribution is 2.45. The van der Waals surface area contributed by atoms with Gasteiger partial charge in [0.1, 0.15) is 11.5 Å². The van der Waals surface area contributed by atoms with Crippen LogP contribution >= 0.6 is 0 Å². The molecule has 0 heterocycles. The van der Waals surface area contributed by atoms with Crippen LogP contribution in [0.4, 0.5) is 0 Å². The zero-order valence-corrected chi connectivity index (χ0v) is 16.6. The molecule has 0 aromatic heterocycles. The monoisotopic (exact) mass is 352 g/mol. The quantitative estimate of drug-likeness (QED) is 0.590. The van der Waals surface area contributed by atoms with Crippen LogP contribution in [0.25, 0.3) is 0 Å². The Bertz CT molecular complexity index is 622. The third-order valence-electron chi connectivity index (χ3n) is 5.26. The van der Waals surface area contributed by atoms with Crippen molar-refractivity contribution in [3.8, 4) is 11.5 Å². The molecule has 0 N–H and O–H groups in total. The lowest BCUT2D eigenvalue weighted by molar-refractivity contribution is 0.242. The summed E-state index contributed by atoms with van der Waals surface area (Å²) in [5.41, 5.74) is 2.93. The van der Waals surface area contributed by atoms with Crippen molar-refractivity contribution < 1.29 is 9.47 Å². The molecule has 2 aromatic rings. The van der Waals surface area contributed by atoms with Crippen LogP contribution < -0.4 is 9.47 Å². The van der Waals surface area contributed by atoms with E-state index < -0.39 is 0 Å². The second kappa shape index (κ2) is 8.16. The number of rotatable bonds is 6. The molecule has 1 aliphatic carbocycles. The first-order valence-electron chi connectivity index (χ1n) is 10.0. The summed E-state index contributed by atoms with van der Waals surface area (Å²) in [6.45, 7) is 8.27. The van der Waals surface area contributed by atoms with Crippen LogP contribution in [0, 0.1) is 0 Å². The second-order valence-electron chi connectivity index (χ2n) is 8.02. The standard InChI is InChI=1S/C24H32O2/c1-18(2)25-22-12-8-20(9-13-22)24(16-6-5-7-17-24)21-10-14-23(15-11-21)26-19(3)4/h8-15,18-19H,5-7,16-17H2,1-4H3. The average Bonchev–Trinajstić information content (AvgIpc) is 2.62. The summed E-state index contributed by atoms with van der Waals surface area (Å²) in [5, 5.41) is 0. The molecule has 0 aliphatic heterocycles. The maximum Gasteiger partial charge on any atom is 0.119 e. The van der Waals surface area contributed by atoms with Gasteiger partial charge in [-0.15, -0.1) is 0 Å². The first-order chi connectivity index (χ1) is 12.5. The van der Waals surface area contributed by atoms with Gasteiger partial charge in [0, 0.05) is 5.41 Å². The van der Waals surface area contributed by atoms with Gasteiger partial charge in [0.2, 0.25) is 0 Å². The highest BCUT2D eigenvalue weighted by Gasteiger charge is 2.35. The van der Waals surface area contributed by atoms with E-state index in [9.17, 15) is 0 Å². The predicted molar refractivity (Wildman–Crippen MR) is 108 cm³/mol. The lowest BCUT2D eigenvalue weighted by atomic mass is 9.65. The first-order valence-corrected chi connectivity index (χ1v) is 10.0. The fourth-order valence-electron chi connectivity index (χ4n) is 4.15. The van der Waals surface area contributed by atoms with Crippen LogP contribution in [-0.4, -0.2) is 12.2 Å². The largest absolute Gasteiger partial charge is 0.491 e. The Labute approximate surface area is 158 Å². The molecule has 0 saturated heterocycles. The second-order valence-corrected chi connectivity index (χ2v) is 8.02. The topological polar surface area (TPSA) is 18.5 Å². The molecule has 2 heteroatoms. The highest BCUT2D eigenvalue weighted by atomic mass is 16.5. The summed E-state index contributed by atoms with van der Waals surface area (Å²) < 4.78 is 11.7. The number of ether oxygens (including phenoxy) is 2. The van der Waals surface area contributed by atoms with Crippen LogP contribution in [0.1, 0.15) is 70.9 Å². The van der Waals surface area contributed by atoms with Crippen molar-refractivity contribution in [3.05, 3.63) is 59.7 Å². The summed E-state index contributed by atoms with van der Waals surface area (Å²) >= 11 is 0. The Kier molecular flexibility index (Phi) is 5.90. The van der Waals surface area contributed by atoms with E-state index in [4.69, 9.17) is 9.47 Å². The molecule has 1 saturated carbocycles. The molecule has 0 unspecified atom stereocenters. The van der Waals surface area contributed by atoms with Crippen LogP contribution in [0.15, 0.2) is 48.5 Å². The van der Waals surface area contributed by atoms with E-state index in [2.05, 4.69) is 76.2 Å². The van der Waals surface area contributed by atoms with Crippen molar-refractivity contribution in [1.82, 2.24) is 0 Å². The molecule has 2 nitrogen and oxygen atoms in total. The minimum Gasteiger partial charge on any atom is -0.491 e. The van der Waals surface area contributed by atoms with Crippen molar-refractivity contribution >= 4 is 0 Å². The average molecular weight is 353 g/mol. The SMILES string of the molecule is CC(C)Oc1ccc(C2(c3ccc(OC(C)C)cc3)CCCCC2)cc1. The molecule has 0 radical (unpaired) electrons. The molecule has 3 rings (SSSR count). The van der Waals surface area contributed by atoms with Crippen LogP contribution in [0.2, 0.25) is 0 Å². The van der Waals surface area contributed by atoms with Crippen molar-refractivity contribution in [2.24, 2.45) is 0 Å². The fraction of sp³-hybridized carbons (Fsp3) is 0.500. The fourth-order valence-corrected chi connectivity index (χ4v) is 4.15. The van der Waals surface area contributed by atoms with E-state index in [1.165, 1.54) is 43.2 Å². The van der Waals surface area contributed by atoms with Gasteiger partial charge in [-0.2, -0.15) is 0 Å². The Balaban J connectivity index is 1.91. The third-order valence-corrected chi connectivity index (χ3v) is 5.26. The zero-order valence-electron chi connectivity index (χ0n) is 16.6. The van der Waals surface area contributed by atoms with Gasteiger partial charge in [-0.25, -0.2) is 0 Å². The minimum atomic E-state index is 0.116. The molecular formula is C24H32O2. The molecule has 1 fully saturated rings. The van der Waals surface area contributed by atoms with Gasteiger partial charge < -0.3 is 9.47 Å². The Hall–Kier alpha value is -1.96. The minimum absolute atomic E-state index is 0.116. The van der Waals surface area contributed by atoms with Gasteiger partial charge in [-0.1, -0.05) is 43.5 Å². The number of hydrogen-bond acceptors (Lipinski definition) is 2. The Morgan fingerprint density at radius 2 is 1.00 bits per heavy atom. The number of benzene rings is 2. The van der Waals surface area contributed by atoms with Crippen LogP contribution in [0.3, 0.4) is 0 Å². The molecule has 0 spiro atoms. The van der Waals surface area contributed by atoms with E-state index in [-0.39, 0.29) is 17.6 Å². The van der Waals surface area contributed by atoms with Gasteiger partial charge in [-0.05, 0) is 75.9 Å². The summed E-state index contributed by atoms with van der Waals surface area (Å²) in [7, 11) is 0. The summed E-state index contributed by atoms with van der Waals surface area (Å²) in [4.78, 5) is 0.